The van der Waals surface area contributed by atoms with Crippen molar-refractivity contribution in [3.8, 4) is 11.1 Å². The van der Waals surface area contributed by atoms with Gasteiger partial charge in [0.2, 0.25) is 5.39 Å². The van der Waals surface area contributed by atoms with Gasteiger partial charge in [-0.1, -0.05) is 83.9 Å². The van der Waals surface area contributed by atoms with Crippen molar-refractivity contribution in [1.82, 2.24) is 0 Å². The number of carboxylic acid groups (broad SMARTS) is 2. The Labute approximate surface area is 235 Å². The zero-order valence-electron chi connectivity index (χ0n) is 22.9. The topological polar surface area (TPSA) is 103 Å². The van der Waals surface area contributed by atoms with Crippen LogP contribution < -0.4 is 0 Å². The van der Waals surface area contributed by atoms with E-state index in [-0.39, 0.29) is 0 Å². The molecular weight excluding hydrogens is 539 g/mol. The zero-order chi connectivity index (χ0) is 31.2. The van der Waals surface area contributed by atoms with Gasteiger partial charge in [0.1, 0.15) is 0 Å². The van der Waals surface area contributed by atoms with E-state index < -0.39 is 19.2 Å². The molecule has 0 radical (unpaired) electrons. The first-order chi connectivity index (χ1) is 19.1. The van der Waals surface area contributed by atoms with Gasteiger partial charge in [0.15, 0.2) is 4.98 Å². The lowest BCUT2D eigenvalue weighted by Crippen LogP contribution is -2.02. The second-order valence-corrected chi connectivity index (χ2v) is 8.72. The molecule has 4 rings (SSSR count). The average Bonchev–Trinajstić information content (AvgIpc) is 2.89. The van der Waals surface area contributed by atoms with E-state index in [4.69, 9.17) is 10.5 Å². The summed E-state index contributed by atoms with van der Waals surface area (Å²) in [4.78, 5) is 24.7. The minimum atomic E-state index is -6.00. The van der Waals surface area contributed by atoms with Crippen molar-refractivity contribution in [3.63, 3.8) is 0 Å². The Morgan fingerprint density at radius 3 is 1.54 bits per heavy atom. The molecule has 41 heavy (non-hydrogen) atoms. The summed E-state index contributed by atoms with van der Waals surface area (Å²) in [7, 11) is -6.00. The fourth-order valence-corrected chi connectivity index (χ4v) is 3.35. The fraction of sp³-hybridized carbons (Fsp3) is 0.133. The highest BCUT2D eigenvalue weighted by molar-refractivity contribution is 6.50. The van der Waals surface area contributed by atoms with Crippen LogP contribution in [0.25, 0.3) is 16.1 Å². The number of benzene rings is 4. The number of carboxylic acids is 2. The summed E-state index contributed by atoms with van der Waals surface area (Å²) in [6.45, 7) is 7.60. The molecule has 0 saturated carbocycles. The Hall–Kier alpha value is -4.98. The van der Waals surface area contributed by atoms with Crippen molar-refractivity contribution in [3.05, 3.63) is 129 Å². The molecule has 11 heteroatoms. The number of diazo groups is 1. The molecule has 4 aromatic rings. The average molecular weight is 568 g/mol. The second kappa shape index (κ2) is 16.2. The number of aryl methyl sites for hydroxylation is 4. The fourth-order valence-electron chi connectivity index (χ4n) is 3.35. The van der Waals surface area contributed by atoms with E-state index >= 15 is 0 Å². The molecule has 0 aliphatic rings. The number of carbonyl (C=O) groups is 2. The molecule has 0 bridgehead atoms. The largest absolute Gasteiger partial charge is 0.673 e. The van der Waals surface area contributed by atoms with Gasteiger partial charge in [-0.25, -0.2) is 9.59 Å². The Balaban J connectivity index is 0.000000300. The van der Waals surface area contributed by atoms with Crippen LogP contribution in [0, 0.1) is 33.1 Å². The molecule has 0 aromatic heterocycles. The number of hydrogen-bond acceptors (Lipinski definition) is 3. The normalized spacial score (nSPS) is 9.83. The smallest absolute Gasteiger partial charge is 0.478 e. The molecule has 6 nitrogen and oxygen atoms in total. The Kier molecular flexibility index (Phi) is 13.5. The molecule has 0 saturated heterocycles. The molecule has 0 heterocycles. The molecule has 0 spiro atoms. The summed E-state index contributed by atoms with van der Waals surface area (Å²) in [6.07, 6.45) is 0. The van der Waals surface area contributed by atoms with Crippen molar-refractivity contribution in [2.24, 2.45) is 0 Å². The van der Waals surface area contributed by atoms with Gasteiger partial charge in [-0.3, -0.25) is 0 Å². The van der Waals surface area contributed by atoms with Crippen LogP contribution in [-0.2, 0) is 0 Å². The van der Waals surface area contributed by atoms with E-state index in [0.29, 0.717) is 16.8 Å². The number of nitrogens with zero attached hydrogens (tertiary/aromatic N) is 2. The quantitative estimate of drug-likeness (QED) is 0.146. The molecule has 0 fully saturated rings. The van der Waals surface area contributed by atoms with E-state index in [1.807, 2.05) is 81.4 Å². The maximum atomic E-state index is 11.3. The number of halogens is 4. The molecule has 2 N–H and O–H groups in total. The summed E-state index contributed by atoms with van der Waals surface area (Å²) >= 11 is 0. The summed E-state index contributed by atoms with van der Waals surface area (Å²) in [5.74, 6) is -1.74. The Bertz CT molecular complexity index is 1480. The van der Waals surface area contributed by atoms with Crippen molar-refractivity contribution < 1.29 is 37.1 Å². The van der Waals surface area contributed by atoms with Crippen LogP contribution >= 0.6 is 0 Å². The molecule has 214 valence electrons. The van der Waals surface area contributed by atoms with Gasteiger partial charge in [0.05, 0.1) is 11.1 Å². The van der Waals surface area contributed by atoms with Crippen LogP contribution in [0.4, 0.5) is 23.0 Å². The highest BCUT2D eigenvalue weighted by Gasteiger charge is 2.20. The van der Waals surface area contributed by atoms with Crippen LogP contribution in [0.3, 0.4) is 0 Å². The van der Waals surface area contributed by atoms with Crippen LogP contribution in [0.1, 0.15) is 43.0 Å². The molecule has 0 aliphatic carbocycles. The Morgan fingerprint density at radius 1 is 0.659 bits per heavy atom. The number of hydrogen-bond donors (Lipinski definition) is 2. The van der Waals surface area contributed by atoms with E-state index in [9.17, 15) is 32.0 Å². The van der Waals surface area contributed by atoms with Gasteiger partial charge in [0.25, 0.3) is 0 Å². The summed E-state index contributed by atoms with van der Waals surface area (Å²) in [5.41, 5.74) is 7.00. The molecule has 0 unspecified atom stereocenters. The molecular formula is C30H29BF4N2O4. The SMILES string of the molecule is Cc1ccc(-c2cccc(C)c2C(=O)O)cc1.Cc1ccc([N+]#N)cc1.Cc1ccccc1C(=O)O.F[B-](F)(F)F. The van der Waals surface area contributed by atoms with E-state index in [1.54, 1.807) is 37.3 Å². The van der Waals surface area contributed by atoms with Crippen LogP contribution in [-0.4, -0.2) is 29.4 Å². The van der Waals surface area contributed by atoms with Crippen LogP contribution in [0.5, 0.6) is 0 Å². The highest BCUT2D eigenvalue weighted by atomic mass is 19.5. The van der Waals surface area contributed by atoms with Crippen LogP contribution in [0.2, 0.25) is 0 Å². The predicted molar refractivity (Wildman–Crippen MR) is 153 cm³/mol. The van der Waals surface area contributed by atoms with E-state index in [0.717, 1.165) is 22.3 Å². The van der Waals surface area contributed by atoms with Crippen molar-refractivity contribution in [2.75, 3.05) is 0 Å². The van der Waals surface area contributed by atoms with Gasteiger partial charge in [0, 0.05) is 12.1 Å². The van der Waals surface area contributed by atoms with Gasteiger partial charge < -0.3 is 27.5 Å². The summed E-state index contributed by atoms with van der Waals surface area (Å²) in [5, 5.41) is 26.1. The second-order valence-electron chi connectivity index (χ2n) is 8.72. The molecule has 0 amide bonds. The van der Waals surface area contributed by atoms with E-state index in [1.165, 1.54) is 11.1 Å². The number of rotatable bonds is 3. The van der Waals surface area contributed by atoms with Gasteiger partial charge in [-0.15, -0.1) is 0 Å². The predicted octanol–water partition coefficient (Wildman–Crippen LogP) is 9.14. The maximum Gasteiger partial charge on any atom is 0.673 e. The maximum absolute atomic E-state index is 11.3. The van der Waals surface area contributed by atoms with Crippen molar-refractivity contribution in [1.29, 1.82) is 5.39 Å². The van der Waals surface area contributed by atoms with Gasteiger partial charge in [-0.2, -0.15) is 0 Å². The van der Waals surface area contributed by atoms with Gasteiger partial charge in [-0.05, 0) is 56.0 Å². The molecule has 0 aliphatic heterocycles. The standard InChI is InChI=1S/C15H14O2.C8H8O2.C7H7N2.BF4/c1-10-6-8-12(9-7-10)13-5-3-4-11(2)14(13)15(16)17;1-6-4-2-3-5-7(6)8(9)10;1-6-2-4-7(9-8)5-3-6;2-1(3,4)5/h3-9H,1-2H3,(H,16,17);2-5H,1H3,(H,9,10);2-5H,1H3;/q;;+1;-1. The lowest BCUT2D eigenvalue weighted by molar-refractivity contribution is 0.0685. The highest BCUT2D eigenvalue weighted by Crippen LogP contribution is 2.26. The van der Waals surface area contributed by atoms with Crippen molar-refractivity contribution in [2.45, 2.75) is 27.7 Å². The lowest BCUT2D eigenvalue weighted by atomic mass is 9.95. The summed E-state index contributed by atoms with van der Waals surface area (Å²) in [6, 6.07) is 27.7. The zero-order valence-corrected chi connectivity index (χ0v) is 22.9. The van der Waals surface area contributed by atoms with E-state index in [2.05, 4.69) is 4.98 Å². The summed E-state index contributed by atoms with van der Waals surface area (Å²) < 4.78 is 39.0. The first kappa shape index (κ1) is 34.1. The lowest BCUT2D eigenvalue weighted by Gasteiger charge is -2.09. The number of aromatic carboxylic acids is 2. The Morgan fingerprint density at radius 2 is 1.12 bits per heavy atom. The minimum absolute atomic E-state index is 0.377. The third-order valence-corrected chi connectivity index (χ3v) is 5.37. The van der Waals surface area contributed by atoms with Crippen LogP contribution in [0.15, 0.2) is 91.0 Å². The molecule has 0 atom stereocenters. The third-order valence-electron chi connectivity index (χ3n) is 5.37. The monoisotopic (exact) mass is 568 g/mol. The minimum Gasteiger partial charge on any atom is -0.478 e. The van der Waals surface area contributed by atoms with Crippen molar-refractivity contribution >= 4 is 24.9 Å². The first-order valence-corrected chi connectivity index (χ1v) is 12.1. The third kappa shape index (κ3) is 13.1. The first-order valence-electron chi connectivity index (χ1n) is 12.1. The van der Waals surface area contributed by atoms with Gasteiger partial charge >= 0.3 is 24.9 Å². The molecule has 4 aromatic carbocycles.